The minimum Gasteiger partial charge on any atom is -0.331 e. The van der Waals surface area contributed by atoms with Crippen molar-refractivity contribution in [2.75, 3.05) is 6.54 Å². The van der Waals surface area contributed by atoms with Crippen LogP contribution in [0, 0.1) is 5.41 Å². The molecule has 0 aliphatic heterocycles. The highest BCUT2D eigenvalue weighted by atomic mass is 16.1. The van der Waals surface area contributed by atoms with Crippen molar-refractivity contribution in [1.29, 1.82) is 0 Å². The summed E-state index contributed by atoms with van der Waals surface area (Å²) < 4.78 is 0. The maximum Gasteiger partial charge on any atom is 0.159 e. The van der Waals surface area contributed by atoms with E-state index in [1.165, 1.54) is 5.57 Å². The zero-order valence-electron chi connectivity index (χ0n) is 10.1. The average molecular weight is 197 g/mol. The van der Waals surface area contributed by atoms with E-state index in [0.29, 0.717) is 5.78 Å². The summed E-state index contributed by atoms with van der Waals surface area (Å²) in [7, 11) is 0. The number of rotatable bonds is 0. The smallest absolute Gasteiger partial charge is 0.159 e. The van der Waals surface area contributed by atoms with E-state index in [0.717, 1.165) is 25.0 Å². The molecule has 82 valence electrons. The Kier molecular flexibility index (Phi) is 5.06. The Bertz CT molecular complexity index is 239. The SMILES string of the molecule is CC1=C(C)C(=O)CC(C)(C)C1.CCN. The summed E-state index contributed by atoms with van der Waals surface area (Å²) in [5.74, 6) is 0.332. The van der Waals surface area contributed by atoms with Crippen LogP contribution in [-0.2, 0) is 4.79 Å². The molecule has 2 heteroatoms. The first-order valence-corrected chi connectivity index (χ1v) is 5.23. The van der Waals surface area contributed by atoms with Gasteiger partial charge in [-0.05, 0) is 37.8 Å². The standard InChI is InChI=1S/C10H16O.C2H7N/c1-7-5-10(3,4)6-9(11)8(7)2;1-2-3/h5-6H2,1-4H3;2-3H2,1H3. The lowest BCUT2D eigenvalue weighted by atomic mass is 9.74. The van der Waals surface area contributed by atoms with Crippen LogP contribution < -0.4 is 5.73 Å². The molecular formula is C12H23NO. The predicted molar refractivity (Wildman–Crippen MR) is 61.1 cm³/mol. The highest BCUT2D eigenvalue weighted by Gasteiger charge is 2.28. The second-order valence-corrected chi connectivity index (χ2v) is 4.75. The molecule has 0 atom stereocenters. The van der Waals surface area contributed by atoms with Gasteiger partial charge in [-0.25, -0.2) is 0 Å². The second kappa shape index (κ2) is 5.30. The molecule has 1 aliphatic carbocycles. The third-order valence-electron chi connectivity index (χ3n) is 2.44. The van der Waals surface area contributed by atoms with Gasteiger partial charge in [0.25, 0.3) is 0 Å². The number of carbonyl (C=O) groups is 1. The molecule has 0 aromatic carbocycles. The molecule has 2 nitrogen and oxygen atoms in total. The fourth-order valence-electron chi connectivity index (χ4n) is 1.72. The van der Waals surface area contributed by atoms with Gasteiger partial charge in [0.05, 0.1) is 0 Å². The molecule has 0 aromatic rings. The molecular weight excluding hydrogens is 174 g/mol. The van der Waals surface area contributed by atoms with Gasteiger partial charge in [-0.2, -0.15) is 0 Å². The summed E-state index contributed by atoms with van der Waals surface area (Å²) in [6, 6.07) is 0. The quantitative estimate of drug-likeness (QED) is 0.648. The van der Waals surface area contributed by atoms with E-state index in [1.54, 1.807) is 0 Å². The van der Waals surface area contributed by atoms with Crippen molar-refractivity contribution in [3.8, 4) is 0 Å². The van der Waals surface area contributed by atoms with Crippen molar-refractivity contribution in [3.05, 3.63) is 11.1 Å². The highest BCUT2D eigenvalue weighted by Crippen LogP contribution is 2.36. The number of hydrogen-bond donors (Lipinski definition) is 1. The Hall–Kier alpha value is -0.630. The largest absolute Gasteiger partial charge is 0.331 e. The van der Waals surface area contributed by atoms with Crippen LogP contribution in [0.25, 0.3) is 0 Å². The molecule has 0 fully saturated rings. The van der Waals surface area contributed by atoms with Gasteiger partial charge in [-0.15, -0.1) is 0 Å². The van der Waals surface area contributed by atoms with Crippen molar-refractivity contribution in [2.24, 2.45) is 11.1 Å². The maximum atomic E-state index is 11.4. The van der Waals surface area contributed by atoms with Crippen LogP contribution in [0.15, 0.2) is 11.1 Å². The highest BCUT2D eigenvalue weighted by molar-refractivity contribution is 5.96. The monoisotopic (exact) mass is 197 g/mol. The summed E-state index contributed by atoms with van der Waals surface area (Å²) in [5, 5.41) is 0. The Balaban J connectivity index is 0.000000500. The van der Waals surface area contributed by atoms with Gasteiger partial charge in [-0.3, -0.25) is 4.79 Å². The summed E-state index contributed by atoms with van der Waals surface area (Å²) >= 11 is 0. The number of Topliss-reactive ketones (excluding diaryl/α,β-unsaturated/α-hetero) is 1. The second-order valence-electron chi connectivity index (χ2n) is 4.75. The normalized spacial score (nSPS) is 20.3. The Morgan fingerprint density at radius 3 is 2.07 bits per heavy atom. The van der Waals surface area contributed by atoms with E-state index in [-0.39, 0.29) is 5.41 Å². The minimum atomic E-state index is 0.195. The molecule has 14 heavy (non-hydrogen) atoms. The van der Waals surface area contributed by atoms with Crippen molar-refractivity contribution >= 4 is 5.78 Å². The first-order chi connectivity index (χ1) is 6.34. The van der Waals surface area contributed by atoms with Gasteiger partial charge in [0.1, 0.15) is 0 Å². The molecule has 1 aliphatic rings. The van der Waals surface area contributed by atoms with Gasteiger partial charge in [-0.1, -0.05) is 26.3 Å². The number of allylic oxidation sites excluding steroid dienone is 2. The summed E-state index contributed by atoms with van der Waals surface area (Å²) in [6.45, 7) is 11.0. The first kappa shape index (κ1) is 13.4. The van der Waals surface area contributed by atoms with E-state index >= 15 is 0 Å². The van der Waals surface area contributed by atoms with Crippen LogP contribution in [0.2, 0.25) is 0 Å². The van der Waals surface area contributed by atoms with Crippen LogP contribution >= 0.6 is 0 Å². The number of nitrogens with two attached hydrogens (primary N) is 1. The third kappa shape index (κ3) is 4.05. The van der Waals surface area contributed by atoms with Crippen LogP contribution in [0.3, 0.4) is 0 Å². The van der Waals surface area contributed by atoms with E-state index < -0.39 is 0 Å². The van der Waals surface area contributed by atoms with Gasteiger partial charge >= 0.3 is 0 Å². The molecule has 0 saturated heterocycles. The Morgan fingerprint density at radius 1 is 1.29 bits per heavy atom. The van der Waals surface area contributed by atoms with Crippen molar-refractivity contribution in [3.63, 3.8) is 0 Å². The topological polar surface area (TPSA) is 43.1 Å². The lowest BCUT2D eigenvalue weighted by molar-refractivity contribution is -0.118. The fourth-order valence-corrected chi connectivity index (χ4v) is 1.72. The maximum absolute atomic E-state index is 11.4. The third-order valence-corrected chi connectivity index (χ3v) is 2.44. The molecule has 0 saturated carbocycles. The van der Waals surface area contributed by atoms with Gasteiger partial charge < -0.3 is 5.73 Å². The molecule has 0 spiro atoms. The van der Waals surface area contributed by atoms with Crippen molar-refractivity contribution in [2.45, 2.75) is 47.5 Å². The predicted octanol–water partition coefficient (Wildman–Crippen LogP) is 2.68. The molecule has 0 heterocycles. The van der Waals surface area contributed by atoms with Crippen LogP contribution in [-0.4, -0.2) is 12.3 Å². The van der Waals surface area contributed by atoms with E-state index in [9.17, 15) is 4.79 Å². The average Bonchev–Trinajstić information content (AvgIpc) is 2.00. The molecule has 0 radical (unpaired) electrons. The van der Waals surface area contributed by atoms with Gasteiger partial charge in [0, 0.05) is 6.42 Å². The molecule has 0 amide bonds. The van der Waals surface area contributed by atoms with E-state index in [4.69, 9.17) is 5.73 Å². The first-order valence-electron chi connectivity index (χ1n) is 5.23. The van der Waals surface area contributed by atoms with Crippen LogP contribution in [0.1, 0.15) is 47.5 Å². The summed E-state index contributed by atoms with van der Waals surface area (Å²) in [5.41, 5.74) is 7.30. The molecule has 1 rings (SSSR count). The van der Waals surface area contributed by atoms with Crippen molar-refractivity contribution in [1.82, 2.24) is 0 Å². The zero-order chi connectivity index (χ0) is 11.4. The molecule has 2 N–H and O–H groups in total. The van der Waals surface area contributed by atoms with Crippen LogP contribution in [0.5, 0.6) is 0 Å². The van der Waals surface area contributed by atoms with Gasteiger partial charge in [0.15, 0.2) is 5.78 Å². The summed E-state index contributed by atoms with van der Waals surface area (Å²) in [4.78, 5) is 11.4. The lowest BCUT2D eigenvalue weighted by Crippen LogP contribution is -2.23. The van der Waals surface area contributed by atoms with Crippen LogP contribution in [0.4, 0.5) is 0 Å². The lowest BCUT2D eigenvalue weighted by Gasteiger charge is -2.29. The number of hydrogen-bond acceptors (Lipinski definition) is 2. The fraction of sp³-hybridized carbons (Fsp3) is 0.750. The minimum absolute atomic E-state index is 0.195. The number of ketones is 1. The van der Waals surface area contributed by atoms with E-state index in [1.807, 2.05) is 13.8 Å². The molecule has 0 unspecified atom stereocenters. The summed E-state index contributed by atoms with van der Waals surface area (Å²) in [6.07, 6.45) is 1.79. The molecule has 0 bridgehead atoms. The Morgan fingerprint density at radius 2 is 1.71 bits per heavy atom. The Labute approximate surface area is 87.6 Å². The van der Waals surface area contributed by atoms with Crippen molar-refractivity contribution < 1.29 is 4.79 Å². The molecule has 0 aromatic heterocycles. The zero-order valence-corrected chi connectivity index (χ0v) is 10.1. The number of carbonyl (C=O) groups excluding carboxylic acids is 1. The van der Waals surface area contributed by atoms with E-state index in [2.05, 4.69) is 20.8 Å². The van der Waals surface area contributed by atoms with Gasteiger partial charge in [0.2, 0.25) is 0 Å².